The van der Waals surface area contributed by atoms with Crippen LogP contribution >= 0.6 is 0 Å². The molecule has 0 amide bonds. The maximum atomic E-state index is 10.2. The van der Waals surface area contributed by atoms with Gasteiger partial charge in [0.05, 0.1) is 0 Å². The van der Waals surface area contributed by atoms with Gasteiger partial charge in [0, 0.05) is 29.5 Å². The Labute approximate surface area is 113 Å². The molecule has 1 heterocycles. The Morgan fingerprint density at radius 1 is 1.21 bits per heavy atom. The molecule has 1 aromatic rings. The number of benzene rings is 1. The molecular formula is C16H20O3. The highest BCUT2D eigenvalue weighted by molar-refractivity contribution is 5.56. The summed E-state index contributed by atoms with van der Waals surface area (Å²) in [5.74, 6) is 2.46. The van der Waals surface area contributed by atoms with E-state index in [0.29, 0.717) is 23.5 Å². The van der Waals surface area contributed by atoms with Gasteiger partial charge in [-0.25, -0.2) is 0 Å². The molecule has 0 aromatic heterocycles. The zero-order valence-electron chi connectivity index (χ0n) is 11.6. The first kappa shape index (κ1) is 11.4. The van der Waals surface area contributed by atoms with Gasteiger partial charge in [-0.2, -0.15) is 0 Å². The summed E-state index contributed by atoms with van der Waals surface area (Å²) in [7, 11) is 0. The van der Waals surface area contributed by atoms with Gasteiger partial charge in [0.15, 0.2) is 0 Å². The van der Waals surface area contributed by atoms with Crippen LogP contribution in [0.1, 0.15) is 45.1 Å². The van der Waals surface area contributed by atoms with Crippen LogP contribution < -0.4 is 4.74 Å². The smallest absolute Gasteiger partial charge is 0.131 e. The minimum Gasteiger partial charge on any atom is -0.508 e. The first-order valence-corrected chi connectivity index (χ1v) is 7.09. The monoisotopic (exact) mass is 260 g/mol. The Hall–Kier alpha value is -1.38. The SMILES string of the molecule is CC1(C)[C@@H]2c3c(O)cc(O)cc3O[C@]3(C)CC[C@H]1[C@H]23. The molecule has 0 unspecified atom stereocenters. The summed E-state index contributed by atoms with van der Waals surface area (Å²) in [5.41, 5.74) is 0.983. The molecule has 0 radical (unpaired) electrons. The van der Waals surface area contributed by atoms with Gasteiger partial charge in [-0.05, 0) is 31.1 Å². The molecule has 19 heavy (non-hydrogen) atoms. The number of aromatic hydroxyl groups is 2. The van der Waals surface area contributed by atoms with Gasteiger partial charge in [-0.1, -0.05) is 13.8 Å². The van der Waals surface area contributed by atoms with Crippen LogP contribution in [0.15, 0.2) is 12.1 Å². The predicted molar refractivity (Wildman–Crippen MR) is 71.5 cm³/mol. The quantitative estimate of drug-likeness (QED) is 0.751. The van der Waals surface area contributed by atoms with Crippen molar-refractivity contribution in [3.8, 4) is 17.2 Å². The molecule has 3 nitrogen and oxygen atoms in total. The van der Waals surface area contributed by atoms with E-state index in [4.69, 9.17) is 4.74 Å². The second-order valence-corrected chi connectivity index (χ2v) is 7.26. The molecule has 2 aliphatic carbocycles. The lowest BCUT2D eigenvalue weighted by Gasteiger charge is -2.62. The van der Waals surface area contributed by atoms with Gasteiger partial charge in [0.2, 0.25) is 0 Å². The third-order valence-electron chi connectivity index (χ3n) is 5.97. The molecule has 0 bridgehead atoms. The summed E-state index contributed by atoms with van der Waals surface area (Å²) >= 11 is 0. The van der Waals surface area contributed by atoms with Crippen molar-refractivity contribution in [1.29, 1.82) is 0 Å². The standard InChI is InChI=1S/C16H20O3/c1-15(2)9-4-5-16(3)13(9)14(15)12-10(18)6-8(17)7-11(12)19-16/h6-7,9,13-14,17-18H,4-5H2,1-3H3/t9-,13+,14+,16+/m0/s1. The van der Waals surface area contributed by atoms with Crippen molar-refractivity contribution in [3.63, 3.8) is 0 Å². The van der Waals surface area contributed by atoms with Crippen molar-refractivity contribution in [2.24, 2.45) is 17.3 Å². The number of fused-ring (bicyclic) bond motifs is 2. The number of hydrogen-bond acceptors (Lipinski definition) is 3. The average Bonchev–Trinajstić information content (AvgIpc) is 2.61. The molecule has 1 aromatic carbocycles. The molecule has 2 fully saturated rings. The minimum absolute atomic E-state index is 0.0741. The molecule has 1 aliphatic heterocycles. The number of ether oxygens (including phenoxy) is 1. The summed E-state index contributed by atoms with van der Waals surface area (Å²) in [4.78, 5) is 0. The van der Waals surface area contributed by atoms with Crippen LogP contribution in [0.3, 0.4) is 0 Å². The van der Waals surface area contributed by atoms with E-state index in [9.17, 15) is 10.2 Å². The van der Waals surface area contributed by atoms with Crippen LogP contribution in [0.2, 0.25) is 0 Å². The van der Waals surface area contributed by atoms with Crippen molar-refractivity contribution >= 4 is 0 Å². The van der Waals surface area contributed by atoms with Crippen molar-refractivity contribution in [3.05, 3.63) is 17.7 Å². The Morgan fingerprint density at radius 3 is 2.68 bits per heavy atom. The predicted octanol–water partition coefficient (Wildman–Crippen LogP) is 3.40. The van der Waals surface area contributed by atoms with Crippen molar-refractivity contribution in [1.82, 2.24) is 0 Å². The van der Waals surface area contributed by atoms with Crippen molar-refractivity contribution < 1.29 is 14.9 Å². The van der Waals surface area contributed by atoms with E-state index in [1.807, 2.05) is 0 Å². The van der Waals surface area contributed by atoms with Gasteiger partial charge in [0.1, 0.15) is 22.8 Å². The first-order valence-electron chi connectivity index (χ1n) is 7.09. The molecule has 102 valence electrons. The van der Waals surface area contributed by atoms with Crippen LogP contribution in [-0.4, -0.2) is 15.8 Å². The molecule has 2 N–H and O–H groups in total. The molecule has 4 atom stereocenters. The Kier molecular flexibility index (Phi) is 1.82. The van der Waals surface area contributed by atoms with Crippen LogP contribution in [0.5, 0.6) is 17.2 Å². The molecule has 0 saturated heterocycles. The van der Waals surface area contributed by atoms with E-state index in [-0.39, 0.29) is 22.5 Å². The summed E-state index contributed by atoms with van der Waals surface area (Å²) < 4.78 is 6.18. The van der Waals surface area contributed by atoms with Gasteiger partial charge < -0.3 is 14.9 Å². The van der Waals surface area contributed by atoms with E-state index < -0.39 is 0 Å². The zero-order valence-corrected chi connectivity index (χ0v) is 11.6. The van der Waals surface area contributed by atoms with Crippen molar-refractivity contribution in [2.75, 3.05) is 0 Å². The van der Waals surface area contributed by atoms with Crippen LogP contribution in [0.25, 0.3) is 0 Å². The zero-order chi connectivity index (χ0) is 13.6. The first-order chi connectivity index (χ1) is 8.84. The minimum atomic E-state index is -0.127. The summed E-state index contributed by atoms with van der Waals surface area (Å²) in [6.07, 6.45) is 2.27. The Morgan fingerprint density at radius 2 is 1.95 bits per heavy atom. The molecular weight excluding hydrogens is 240 g/mol. The molecule has 3 heteroatoms. The van der Waals surface area contributed by atoms with Crippen LogP contribution in [-0.2, 0) is 0 Å². The highest BCUT2D eigenvalue weighted by Gasteiger charge is 2.69. The number of phenolic OH excluding ortho intramolecular Hbond substituents is 2. The van der Waals surface area contributed by atoms with E-state index in [1.54, 1.807) is 6.07 Å². The number of hydrogen-bond donors (Lipinski definition) is 2. The fourth-order valence-electron chi connectivity index (χ4n) is 5.13. The maximum absolute atomic E-state index is 10.2. The molecule has 3 aliphatic rings. The van der Waals surface area contributed by atoms with Crippen molar-refractivity contribution in [2.45, 2.75) is 45.1 Å². The second-order valence-electron chi connectivity index (χ2n) is 7.26. The third-order valence-corrected chi connectivity index (χ3v) is 5.97. The Balaban J connectivity index is 1.95. The summed E-state index contributed by atoms with van der Waals surface area (Å²) in [5, 5.41) is 19.9. The third kappa shape index (κ3) is 1.15. The van der Waals surface area contributed by atoms with Gasteiger partial charge in [-0.3, -0.25) is 0 Å². The number of rotatable bonds is 0. The van der Waals surface area contributed by atoms with Crippen LogP contribution in [0.4, 0.5) is 0 Å². The molecule has 2 saturated carbocycles. The van der Waals surface area contributed by atoms with Gasteiger partial charge in [-0.15, -0.1) is 0 Å². The van der Waals surface area contributed by atoms with Gasteiger partial charge >= 0.3 is 0 Å². The lowest BCUT2D eigenvalue weighted by Crippen LogP contribution is -2.59. The second kappa shape index (κ2) is 3.02. The van der Waals surface area contributed by atoms with E-state index in [1.165, 1.54) is 12.5 Å². The van der Waals surface area contributed by atoms with E-state index in [2.05, 4.69) is 20.8 Å². The molecule has 0 spiro atoms. The number of phenols is 2. The summed E-state index contributed by atoms with van der Waals surface area (Å²) in [6, 6.07) is 3.08. The van der Waals surface area contributed by atoms with Gasteiger partial charge in [0.25, 0.3) is 0 Å². The van der Waals surface area contributed by atoms with E-state index in [0.717, 1.165) is 12.0 Å². The van der Waals surface area contributed by atoms with E-state index >= 15 is 0 Å². The maximum Gasteiger partial charge on any atom is 0.131 e. The molecule has 4 rings (SSSR count). The summed E-state index contributed by atoms with van der Waals surface area (Å²) in [6.45, 7) is 6.78. The fraction of sp³-hybridized carbons (Fsp3) is 0.625. The average molecular weight is 260 g/mol. The van der Waals surface area contributed by atoms with Crippen LogP contribution in [0, 0.1) is 17.3 Å². The highest BCUT2D eigenvalue weighted by Crippen LogP contribution is 2.74. The Bertz CT molecular complexity index is 578. The lowest BCUT2D eigenvalue weighted by atomic mass is 9.45. The highest BCUT2D eigenvalue weighted by atomic mass is 16.5. The topological polar surface area (TPSA) is 49.7 Å². The normalized spacial score (nSPS) is 40.9. The lowest BCUT2D eigenvalue weighted by molar-refractivity contribution is -0.121. The largest absolute Gasteiger partial charge is 0.508 e. The fourth-order valence-corrected chi connectivity index (χ4v) is 5.13.